The van der Waals surface area contributed by atoms with E-state index in [4.69, 9.17) is 0 Å². The second kappa shape index (κ2) is 5.64. The maximum atomic E-state index is 13.5. The summed E-state index contributed by atoms with van der Waals surface area (Å²) in [4.78, 5) is 10.0. The van der Waals surface area contributed by atoms with Crippen molar-refractivity contribution < 1.29 is 13.7 Å². The zero-order chi connectivity index (χ0) is 14.7. The normalized spacial score (nSPS) is 10.3. The van der Waals surface area contributed by atoms with Crippen LogP contribution >= 0.6 is 0 Å². The molecule has 0 heterocycles. The molecule has 4 nitrogen and oxygen atoms in total. The smallest absolute Gasteiger partial charge is 0.271 e. The number of anilines is 1. The molecule has 104 valence electrons. The Balaban J connectivity index is 2.20. The molecule has 0 aliphatic carbocycles. The van der Waals surface area contributed by atoms with E-state index in [9.17, 15) is 18.9 Å². The molecule has 2 aromatic rings. The van der Waals surface area contributed by atoms with Crippen molar-refractivity contribution in [1.29, 1.82) is 0 Å². The molecule has 2 aromatic carbocycles. The molecule has 2 rings (SSSR count). The number of non-ortho nitro benzene ring substituents is 1. The largest absolute Gasteiger partial charge is 0.378 e. The van der Waals surface area contributed by atoms with Crippen molar-refractivity contribution in [3.8, 4) is 0 Å². The molecule has 0 atom stereocenters. The van der Waals surface area contributed by atoms with Crippen LogP contribution < -0.4 is 5.32 Å². The topological polar surface area (TPSA) is 55.2 Å². The van der Waals surface area contributed by atoms with Crippen LogP contribution in [0.4, 0.5) is 20.2 Å². The molecule has 0 saturated heterocycles. The molecule has 6 heteroatoms. The monoisotopic (exact) mass is 278 g/mol. The molecule has 0 radical (unpaired) electrons. The van der Waals surface area contributed by atoms with Crippen LogP contribution in [0.3, 0.4) is 0 Å². The Kier molecular flexibility index (Phi) is 3.93. The predicted octanol–water partition coefficient (Wildman–Crippen LogP) is 3.79. The van der Waals surface area contributed by atoms with Gasteiger partial charge in [-0.1, -0.05) is 17.7 Å². The first-order valence-corrected chi connectivity index (χ1v) is 5.90. The minimum absolute atomic E-state index is 0.0277. The molecule has 0 aliphatic rings. The summed E-state index contributed by atoms with van der Waals surface area (Å²) < 4.78 is 27.1. The van der Waals surface area contributed by atoms with Gasteiger partial charge in [0.2, 0.25) is 0 Å². The summed E-state index contributed by atoms with van der Waals surface area (Å²) in [5, 5.41) is 13.3. The summed E-state index contributed by atoms with van der Waals surface area (Å²) >= 11 is 0. The lowest BCUT2D eigenvalue weighted by molar-refractivity contribution is -0.384. The van der Waals surface area contributed by atoms with E-state index in [-0.39, 0.29) is 17.9 Å². The number of nitrogens with zero attached hydrogens (tertiary/aromatic N) is 1. The van der Waals surface area contributed by atoms with E-state index in [1.54, 1.807) is 12.1 Å². The number of nitro benzene ring substituents is 1. The Hall–Kier alpha value is -2.50. The van der Waals surface area contributed by atoms with Crippen molar-refractivity contribution in [3.05, 3.63) is 69.3 Å². The maximum Gasteiger partial charge on any atom is 0.271 e. The first-order chi connectivity index (χ1) is 9.47. The number of nitrogens with one attached hydrogen (secondary N) is 1. The van der Waals surface area contributed by atoms with Gasteiger partial charge in [-0.25, -0.2) is 8.78 Å². The van der Waals surface area contributed by atoms with E-state index in [0.717, 1.165) is 23.8 Å². The molecule has 0 aliphatic heterocycles. The Bertz CT molecular complexity index is 660. The van der Waals surface area contributed by atoms with E-state index in [2.05, 4.69) is 5.32 Å². The van der Waals surface area contributed by atoms with E-state index < -0.39 is 16.6 Å². The van der Waals surface area contributed by atoms with Crippen LogP contribution in [0.1, 0.15) is 11.1 Å². The number of hydrogen-bond acceptors (Lipinski definition) is 3. The summed E-state index contributed by atoms with van der Waals surface area (Å²) in [6.07, 6.45) is 0. The van der Waals surface area contributed by atoms with E-state index >= 15 is 0 Å². The number of benzene rings is 2. The van der Waals surface area contributed by atoms with Gasteiger partial charge < -0.3 is 5.32 Å². The minimum atomic E-state index is -0.622. The zero-order valence-corrected chi connectivity index (χ0v) is 10.7. The molecule has 0 unspecified atom stereocenters. The standard InChI is InChI=1S/C14H12F2N2O2/c1-9-2-4-12(15)10(6-9)8-17-14-7-11(18(19)20)3-5-13(14)16/h2-7,17H,8H2,1H3. The van der Waals surface area contributed by atoms with Crippen LogP contribution in [-0.4, -0.2) is 4.92 Å². The van der Waals surface area contributed by atoms with Crippen molar-refractivity contribution >= 4 is 11.4 Å². The van der Waals surface area contributed by atoms with Crippen molar-refractivity contribution in [2.75, 3.05) is 5.32 Å². The van der Waals surface area contributed by atoms with Gasteiger partial charge in [0.25, 0.3) is 5.69 Å². The Morgan fingerprint density at radius 2 is 1.85 bits per heavy atom. The van der Waals surface area contributed by atoms with Crippen LogP contribution in [0.15, 0.2) is 36.4 Å². The second-order valence-electron chi connectivity index (χ2n) is 4.37. The molecule has 0 amide bonds. The predicted molar refractivity (Wildman–Crippen MR) is 71.5 cm³/mol. The summed E-state index contributed by atoms with van der Waals surface area (Å²) in [5.41, 5.74) is 0.998. The maximum absolute atomic E-state index is 13.5. The lowest BCUT2D eigenvalue weighted by Crippen LogP contribution is -2.04. The fourth-order valence-electron chi connectivity index (χ4n) is 1.79. The molecule has 20 heavy (non-hydrogen) atoms. The van der Waals surface area contributed by atoms with Crippen LogP contribution in [-0.2, 0) is 6.54 Å². The van der Waals surface area contributed by atoms with E-state index in [1.165, 1.54) is 6.07 Å². The molecule has 0 saturated carbocycles. The number of nitro groups is 1. The SMILES string of the molecule is Cc1ccc(F)c(CNc2cc([N+](=O)[O-])ccc2F)c1. The molecule has 0 spiro atoms. The highest BCUT2D eigenvalue weighted by Gasteiger charge is 2.11. The van der Waals surface area contributed by atoms with E-state index in [0.29, 0.717) is 5.56 Å². The van der Waals surface area contributed by atoms with Gasteiger partial charge in [-0.3, -0.25) is 10.1 Å². The third-order valence-electron chi connectivity index (χ3n) is 2.83. The Labute approximate surface area is 114 Å². The molecule has 0 bridgehead atoms. The van der Waals surface area contributed by atoms with Crippen LogP contribution in [0.5, 0.6) is 0 Å². The van der Waals surface area contributed by atoms with Crippen molar-refractivity contribution in [2.45, 2.75) is 13.5 Å². The molecular weight excluding hydrogens is 266 g/mol. The zero-order valence-electron chi connectivity index (χ0n) is 10.7. The lowest BCUT2D eigenvalue weighted by Gasteiger charge is -2.09. The van der Waals surface area contributed by atoms with Crippen LogP contribution in [0.25, 0.3) is 0 Å². The first kappa shape index (κ1) is 13.9. The van der Waals surface area contributed by atoms with Gasteiger partial charge in [0.15, 0.2) is 0 Å². The van der Waals surface area contributed by atoms with Crippen LogP contribution in [0.2, 0.25) is 0 Å². The average Bonchev–Trinajstić information content (AvgIpc) is 2.41. The molecule has 1 N–H and O–H groups in total. The summed E-state index contributed by atoms with van der Waals surface area (Å²) in [7, 11) is 0. The Morgan fingerprint density at radius 1 is 1.15 bits per heavy atom. The molecule has 0 fully saturated rings. The van der Waals surface area contributed by atoms with Gasteiger partial charge >= 0.3 is 0 Å². The minimum Gasteiger partial charge on any atom is -0.378 e. The number of aryl methyl sites for hydroxylation is 1. The average molecular weight is 278 g/mol. The van der Waals surface area contributed by atoms with Crippen molar-refractivity contribution in [2.24, 2.45) is 0 Å². The third kappa shape index (κ3) is 3.09. The van der Waals surface area contributed by atoms with Crippen molar-refractivity contribution in [1.82, 2.24) is 0 Å². The van der Waals surface area contributed by atoms with Gasteiger partial charge in [-0.2, -0.15) is 0 Å². The first-order valence-electron chi connectivity index (χ1n) is 5.90. The van der Waals surface area contributed by atoms with Gasteiger partial charge in [-0.15, -0.1) is 0 Å². The third-order valence-corrected chi connectivity index (χ3v) is 2.83. The highest BCUT2D eigenvalue weighted by molar-refractivity contribution is 5.52. The molecular formula is C14H12F2N2O2. The van der Waals surface area contributed by atoms with Gasteiger partial charge in [0.05, 0.1) is 10.6 Å². The quantitative estimate of drug-likeness (QED) is 0.683. The Morgan fingerprint density at radius 3 is 2.55 bits per heavy atom. The van der Waals surface area contributed by atoms with Gasteiger partial charge in [0.1, 0.15) is 11.6 Å². The summed E-state index contributed by atoms with van der Waals surface area (Å²) in [6, 6.07) is 7.77. The highest BCUT2D eigenvalue weighted by Crippen LogP contribution is 2.22. The second-order valence-corrected chi connectivity index (χ2v) is 4.37. The number of hydrogen-bond donors (Lipinski definition) is 1. The fourth-order valence-corrected chi connectivity index (χ4v) is 1.79. The van der Waals surface area contributed by atoms with Crippen LogP contribution in [0, 0.1) is 28.7 Å². The van der Waals surface area contributed by atoms with Crippen molar-refractivity contribution in [3.63, 3.8) is 0 Å². The molecule has 0 aromatic heterocycles. The van der Waals surface area contributed by atoms with E-state index in [1.807, 2.05) is 6.92 Å². The summed E-state index contributed by atoms with van der Waals surface area (Å²) in [5.74, 6) is -1.03. The van der Waals surface area contributed by atoms with Gasteiger partial charge in [0, 0.05) is 24.2 Å². The number of rotatable bonds is 4. The summed E-state index contributed by atoms with van der Waals surface area (Å²) in [6.45, 7) is 1.86. The lowest BCUT2D eigenvalue weighted by atomic mass is 10.1. The highest BCUT2D eigenvalue weighted by atomic mass is 19.1. The van der Waals surface area contributed by atoms with Gasteiger partial charge in [-0.05, 0) is 19.1 Å². The number of halogens is 2. The fraction of sp³-hybridized carbons (Fsp3) is 0.143.